The molecule has 8 heteroatoms. The molecule has 0 unspecified atom stereocenters. The van der Waals surface area contributed by atoms with E-state index in [0.29, 0.717) is 23.2 Å². The zero-order chi connectivity index (χ0) is 21.0. The summed E-state index contributed by atoms with van der Waals surface area (Å²) in [4.78, 5) is 27.5. The molecule has 6 nitrogen and oxygen atoms in total. The van der Waals surface area contributed by atoms with Crippen molar-refractivity contribution in [3.05, 3.63) is 33.8 Å². The summed E-state index contributed by atoms with van der Waals surface area (Å²) in [6, 6.07) is 5.91. The van der Waals surface area contributed by atoms with Gasteiger partial charge in [0, 0.05) is 13.1 Å². The van der Waals surface area contributed by atoms with Crippen molar-refractivity contribution in [3.63, 3.8) is 0 Å². The fourth-order valence-electron chi connectivity index (χ4n) is 3.22. The van der Waals surface area contributed by atoms with Gasteiger partial charge in [-0.25, -0.2) is 9.97 Å². The van der Waals surface area contributed by atoms with Gasteiger partial charge in [-0.15, -0.1) is 11.3 Å². The van der Waals surface area contributed by atoms with Gasteiger partial charge in [-0.1, -0.05) is 31.3 Å². The van der Waals surface area contributed by atoms with Crippen LogP contribution in [0.1, 0.15) is 41.1 Å². The van der Waals surface area contributed by atoms with Crippen LogP contribution in [0, 0.1) is 13.8 Å². The summed E-state index contributed by atoms with van der Waals surface area (Å²) in [7, 11) is 0. The van der Waals surface area contributed by atoms with Gasteiger partial charge in [-0.05, 0) is 46.0 Å². The molecule has 3 aromatic rings. The number of ether oxygens (including phenoxy) is 1. The first-order valence-corrected chi connectivity index (χ1v) is 11.6. The number of nitrogens with zero attached hydrogens (tertiary/aromatic N) is 4. The maximum atomic E-state index is 13.5. The maximum absolute atomic E-state index is 13.5. The quantitative estimate of drug-likeness (QED) is 0.488. The number of hydrogen-bond donors (Lipinski definition) is 0. The van der Waals surface area contributed by atoms with Crippen LogP contribution >= 0.6 is 22.7 Å². The first-order chi connectivity index (χ1) is 14.0. The first kappa shape index (κ1) is 21.7. The number of thiazole rings is 2. The Bertz CT molecular complexity index is 978. The number of carbonyl (C=O) groups is 1. The number of hydrogen-bond acceptors (Lipinski definition) is 7. The Morgan fingerprint density at radius 2 is 1.83 bits per heavy atom. The van der Waals surface area contributed by atoms with E-state index in [1.807, 2.05) is 39.0 Å². The predicted molar refractivity (Wildman–Crippen MR) is 122 cm³/mol. The average molecular weight is 433 g/mol. The molecule has 0 aliphatic carbocycles. The molecule has 0 atom stereocenters. The van der Waals surface area contributed by atoms with Gasteiger partial charge in [0.05, 0.1) is 22.0 Å². The number of anilines is 1. The molecule has 1 amide bonds. The highest BCUT2D eigenvalue weighted by Crippen LogP contribution is 2.35. The Morgan fingerprint density at radius 3 is 2.45 bits per heavy atom. The lowest BCUT2D eigenvalue weighted by Crippen LogP contribution is -2.38. The summed E-state index contributed by atoms with van der Waals surface area (Å²) in [5, 5.41) is 1.60. The second-order valence-electron chi connectivity index (χ2n) is 6.66. The van der Waals surface area contributed by atoms with E-state index >= 15 is 0 Å². The Hall–Kier alpha value is -2.03. The summed E-state index contributed by atoms with van der Waals surface area (Å²) < 4.78 is 6.75. The second-order valence-corrected chi connectivity index (χ2v) is 8.88. The molecular formula is C21H28N4O2S2. The lowest BCUT2D eigenvalue weighted by molar-refractivity contribution is 0.0987. The maximum Gasteiger partial charge on any atom is 0.272 e. The molecule has 2 heterocycles. The Morgan fingerprint density at radius 1 is 1.07 bits per heavy atom. The highest BCUT2D eigenvalue weighted by molar-refractivity contribution is 7.22. The van der Waals surface area contributed by atoms with Crippen molar-refractivity contribution in [2.24, 2.45) is 0 Å². The number of benzene rings is 1. The highest BCUT2D eigenvalue weighted by atomic mass is 32.1. The minimum atomic E-state index is -0.0303. The summed E-state index contributed by atoms with van der Waals surface area (Å²) in [5.41, 5.74) is 1.59. The average Bonchev–Trinajstić information content (AvgIpc) is 3.28. The van der Waals surface area contributed by atoms with Crippen molar-refractivity contribution < 1.29 is 9.53 Å². The zero-order valence-corrected chi connectivity index (χ0v) is 19.3. The lowest BCUT2D eigenvalue weighted by Gasteiger charge is -2.24. The van der Waals surface area contributed by atoms with Crippen molar-refractivity contribution >= 4 is 43.9 Å². The lowest BCUT2D eigenvalue weighted by atomic mass is 10.3. The molecular weight excluding hydrogens is 404 g/mol. The number of fused-ring (bicyclic) bond motifs is 1. The molecule has 156 valence electrons. The van der Waals surface area contributed by atoms with Crippen LogP contribution in [0.3, 0.4) is 0 Å². The van der Waals surface area contributed by atoms with Gasteiger partial charge in [0.2, 0.25) is 0 Å². The van der Waals surface area contributed by atoms with Crippen LogP contribution in [0.4, 0.5) is 5.13 Å². The Balaban J connectivity index is 2.00. The van der Waals surface area contributed by atoms with E-state index in [-0.39, 0.29) is 5.91 Å². The van der Waals surface area contributed by atoms with E-state index in [1.165, 1.54) is 22.7 Å². The van der Waals surface area contributed by atoms with Crippen molar-refractivity contribution in [1.82, 2.24) is 14.9 Å². The Kier molecular flexibility index (Phi) is 7.21. The zero-order valence-electron chi connectivity index (χ0n) is 17.7. The third-order valence-corrected chi connectivity index (χ3v) is 6.88. The summed E-state index contributed by atoms with van der Waals surface area (Å²) in [6.45, 7) is 13.9. The minimum Gasteiger partial charge on any atom is -0.492 e. The number of amides is 1. The standard InChI is InChI=1S/C21H28N4O2S2/c1-6-24(7-2)12-13-25(20(26)19-14(4)22-15(5)28-19)21-23-18-16(27-8-3)10-9-11-17(18)29-21/h9-11H,6-8,12-13H2,1-5H3. The van der Waals surface area contributed by atoms with E-state index in [1.54, 1.807) is 4.90 Å². The van der Waals surface area contributed by atoms with Crippen LogP contribution in [-0.4, -0.2) is 53.6 Å². The molecule has 0 spiro atoms. The molecule has 3 rings (SSSR count). The normalized spacial score (nSPS) is 11.4. The molecule has 0 radical (unpaired) electrons. The molecule has 2 aromatic heterocycles. The molecule has 0 fully saturated rings. The fraction of sp³-hybridized carbons (Fsp3) is 0.476. The number of para-hydroxylation sites is 1. The van der Waals surface area contributed by atoms with Crippen molar-refractivity contribution in [2.75, 3.05) is 37.7 Å². The van der Waals surface area contributed by atoms with Crippen molar-refractivity contribution in [3.8, 4) is 5.75 Å². The van der Waals surface area contributed by atoms with Gasteiger partial charge in [-0.2, -0.15) is 0 Å². The van der Waals surface area contributed by atoms with Crippen molar-refractivity contribution in [1.29, 1.82) is 0 Å². The van der Waals surface area contributed by atoms with E-state index in [0.717, 1.165) is 46.3 Å². The van der Waals surface area contributed by atoms with Gasteiger partial charge >= 0.3 is 0 Å². The summed E-state index contributed by atoms with van der Waals surface area (Å²) in [5.74, 6) is 0.728. The molecule has 29 heavy (non-hydrogen) atoms. The third-order valence-electron chi connectivity index (χ3n) is 4.78. The SMILES string of the molecule is CCOc1cccc2sc(N(CCN(CC)CC)C(=O)c3sc(C)nc3C)nc12. The van der Waals surface area contributed by atoms with E-state index < -0.39 is 0 Å². The molecule has 0 bridgehead atoms. The smallest absolute Gasteiger partial charge is 0.272 e. The second kappa shape index (κ2) is 9.65. The van der Waals surface area contributed by atoms with Crippen LogP contribution in [0.25, 0.3) is 10.2 Å². The van der Waals surface area contributed by atoms with Gasteiger partial charge in [0.15, 0.2) is 5.13 Å². The van der Waals surface area contributed by atoms with Gasteiger partial charge < -0.3 is 9.64 Å². The number of rotatable bonds is 9. The van der Waals surface area contributed by atoms with Crippen LogP contribution < -0.4 is 9.64 Å². The first-order valence-electron chi connectivity index (χ1n) is 9.99. The Labute approximate surface area is 180 Å². The predicted octanol–water partition coefficient (Wildman–Crippen LogP) is 4.76. The molecule has 0 N–H and O–H groups in total. The number of aromatic nitrogens is 2. The van der Waals surface area contributed by atoms with Gasteiger partial charge in [-0.3, -0.25) is 9.69 Å². The van der Waals surface area contributed by atoms with Crippen LogP contribution in [0.15, 0.2) is 18.2 Å². The third kappa shape index (κ3) is 4.76. The topological polar surface area (TPSA) is 58.6 Å². The van der Waals surface area contributed by atoms with Gasteiger partial charge in [0.1, 0.15) is 16.1 Å². The van der Waals surface area contributed by atoms with Gasteiger partial charge in [0.25, 0.3) is 5.91 Å². The molecule has 0 aliphatic heterocycles. The molecule has 1 aromatic carbocycles. The molecule has 0 saturated carbocycles. The molecule has 0 saturated heterocycles. The van der Waals surface area contributed by atoms with Crippen LogP contribution in [0.5, 0.6) is 5.75 Å². The number of aryl methyl sites for hydroxylation is 2. The van der Waals surface area contributed by atoms with Crippen LogP contribution in [-0.2, 0) is 0 Å². The van der Waals surface area contributed by atoms with E-state index in [2.05, 4.69) is 23.7 Å². The molecule has 0 aliphatic rings. The van der Waals surface area contributed by atoms with E-state index in [9.17, 15) is 4.79 Å². The van der Waals surface area contributed by atoms with E-state index in [4.69, 9.17) is 9.72 Å². The van der Waals surface area contributed by atoms with Crippen molar-refractivity contribution in [2.45, 2.75) is 34.6 Å². The monoisotopic (exact) mass is 432 g/mol. The fourth-order valence-corrected chi connectivity index (χ4v) is 5.09. The van der Waals surface area contributed by atoms with Crippen LogP contribution in [0.2, 0.25) is 0 Å². The largest absolute Gasteiger partial charge is 0.492 e. The minimum absolute atomic E-state index is 0.0303. The summed E-state index contributed by atoms with van der Waals surface area (Å²) >= 11 is 2.97. The number of carbonyl (C=O) groups excluding carboxylic acids is 1. The summed E-state index contributed by atoms with van der Waals surface area (Å²) in [6.07, 6.45) is 0. The highest BCUT2D eigenvalue weighted by Gasteiger charge is 2.25. The number of likely N-dealkylation sites (N-methyl/N-ethyl adjacent to an activating group) is 1.